The lowest BCUT2D eigenvalue weighted by Gasteiger charge is -2.41. The van der Waals surface area contributed by atoms with Crippen LogP contribution in [0, 0.1) is 0 Å². The highest BCUT2D eigenvalue weighted by Crippen LogP contribution is 2.38. The summed E-state index contributed by atoms with van der Waals surface area (Å²) < 4.78 is 44.5. The Hall–Kier alpha value is -2.75. The maximum Gasteiger partial charge on any atom is 0.416 e. The van der Waals surface area contributed by atoms with Gasteiger partial charge in [-0.1, -0.05) is 12.1 Å². The molecule has 7 nitrogen and oxygen atoms in total. The number of nitrogens with zero attached hydrogens (tertiary/aromatic N) is 3. The topological polar surface area (TPSA) is 73.5 Å². The molecule has 5 rings (SSSR count). The first-order valence-electron chi connectivity index (χ1n) is 11.5. The van der Waals surface area contributed by atoms with Crippen molar-refractivity contribution in [3.8, 4) is 0 Å². The molecule has 1 aromatic carbocycles. The van der Waals surface area contributed by atoms with E-state index < -0.39 is 11.7 Å². The van der Waals surface area contributed by atoms with Crippen molar-refractivity contribution in [3.63, 3.8) is 0 Å². The number of aromatic nitrogens is 2. The standard InChI is InChI=1S/C23H28F3N5O2/c24-23(25,26)18-3-1-15(2-4-18)16-11-17(20-12-21(29-28-20)27-19-5-6-19)14-31(13-16)22(32)30-7-9-33-10-8-30/h1-4,12,16-17,19H,5-11,13-14H2,(H2,27,28,29). The molecule has 2 aromatic rings. The normalized spacial score (nSPS) is 24.1. The molecule has 3 fully saturated rings. The number of carbonyl (C=O) groups is 1. The molecule has 0 bridgehead atoms. The van der Waals surface area contributed by atoms with E-state index in [1.807, 2.05) is 11.0 Å². The number of rotatable bonds is 4. The summed E-state index contributed by atoms with van der Waals surface area (Å²) in [5.41, 5.74) is 1.09. The van der Waals surface area contributed by atoms with Crippen LogP contribution in [0.4, 0.5) is 23.8 Å². The Balaban J connectivity index is 1.37. The molecule has 0 radical (unpaired) electrons. The lowest BCUT2D eigenvalue weighted by atomic mass is 9.83. The van der Waals surface area contributed by atoms with Crippen molar-refractivity contribution < 1.29 is 22.7 Å². The molecule has 2 aliphatic heterocycles. The van der Waals surface area contributed by atoms with Crippen LogP contribution in [0.2, 0.25) is 0 Å². The lowest BCUT2D eigenvalue weighted by Crippen LogP contribution is -2.52. The average Bonchev–Trinajstić information content (AvgIpc) is 3.52. The van der Waals surface area contributed by atoms with Crippen LogP contribution in [0.25, 0.3) is 0 Å². The summed E-state index contributed by atoms with van der Waals surface area (Å²) in [6, 6.07) is 7.76. The van der Waals surface area contributed by atoms with Crippen LogP contribution in [0.3, 0.4) is 0 Å². The number of aromatic amines is 1. The SMILES string of the molecule is O=C(N1CCOCC1)N1CC(c2ccc(C(F)(F)F)cc2)CC(c2cc(NC3CC3)n[nH]2)C1. The largest absolute Gasteiger partial charge is 0.416 e. The summed E-state index contributed by atoms with van der Waals surface area (Å²) >= 11 is 0. The van der Waals surface area contributed by atoms with Crippen molar-refractivity contribution in [1.82, 2.24) is 20.0 Å². The number of piperidine rings is 1. The van der Waals surface area contributed by atoms with Crippen molar-refractivity contribution in [3.05, 3.63) is 47.2 Å². The number of H-pyrrole nitrogens is 1. The molecule has 0 spiro atoms. The molecule has 3 heterocycles. The van der Waals surface area contributed by atoms with Crippen molar-refractivity contribution in [1.29, 1.82) is 0 Å². The van der Waals surface area contributed by atoms with Gasteiger partial charge in [-0.3, -0.25) is 5.10 Å². The molecular weight excluding hydrogens is 435 g/mol. The summed E-state index contributed by atoms with van der Waals surface area (Å²) in [4.78, 5) is 16.9. The van der Waals surface area contributed by atoms with Gasteiger partial charge < -0.3 is 19.9 Å². The number of nitrogens with one attached hydrogen (secondary N) is 2. The first-order chi connectivity index (χ1) is 15.9. The van der Waals surface area contributed by atoms with Crippen molar-refractivity contribution in [2.75, 3.05) is 44.7 Å². The minimum atomic E-state index is -4.37. The molecule has 2 amide bonds. The zero-order chi connectivity index (χ0) is 23.0. The van der Waals surface area contributed by atoms with E-state index in [-0.39, 0.29) is 17.9 Å². The van der Waals surface area contributed by atoms with Crippen LogP contribution in [-0.2, 0) is 10.9 Å². The molecule has 2 saturated heterocycles. The van der Waals surface area contributed by atoms with Crippen molar-refractivity contribution >= 4 is 11.8 Å². The van der Waals surface area contributed by atoms with Gasteiger partial charge in [0, 0.05) is 55.8 Å². The number of hydrogen-bond acceptors (Lipinski definition) is 4. The maximum absolute atomic E-state index is 13.3. The van der Waals surface area contributed by atoms with Gasteiger partial charge in [0.15, 0.2) is 0 Å². The minimum Gasteiger partial charge on any atom is -0.378 e. The zero-order valence-corrected chi connectivity index (χ0v) is 18.3. The number of morpholine rings is 1. The minimum absolute atomic E-state index is 0.0123. The van der Waals surface area contributed by atoms with E-state index >= 15 is 0 Å². The molecule has 33 heavy (non-hydrogen) atoms. The van der Waals surface area contributed by atoms with Gasteiger partial charge in [-0.25, -0.2) is 4.79 Å². The van der Waals surface area contributed by atoms with Gasteiger partial charge in [0.2, 0.25) is 0 Å². The zero-order valence-electron chi connectivity index (χ0n) is 18.3. The Kier molecular flexibility index (Phi) is 5.94. The molecule has 1 aliphatic carbocycles. The molecule has 1 saturated carbocycles. The van der Waals surface area contributed by atoms with Crippen LogP contribution in [0.15, 0.2) is 30.3 Å². The smallest absolute Gasteiger partial charge is 0.378 e. The molecule has 2 unspecified atom stereocenters. The second-order valence-corrected chi connectivity index (χ2v) is 9.16. The fourth-order valence-electron chi connectivity index (χ4n) is 4.68. The highest BCUT2D eigenvalue weighted by atomic mass is 19.4. The number of hydrogen-bond donors (Lipinski definition) is 2. The molecule has 2 atom stereocenters. The second-order valence-electron chi connectivity index (χ2n) is 9.16. The number of anilines is 1. The van der Waals surface area contributed by atoms with E-state index in [1.165, 1.54) is 0 Å². The summed E-state index contributed by atoms with van der Waals surface area (Å²) in [5, 5.41) is 10.9. The lowest BCUT2D eigenvalue weighted by molar-refractivity contribution is -0.137. The van der Waals surface area contributed by atoms with Gasteiger partial charge in [-0.05, 0) is 37.0 Å². The molecule has 3 aliphatic rings. The number of alkyl halides is 3. The fourth-order valence-corrected chi connectivity index (χ4v) is 4.68. The Bertz CT molecular complexity index is 967. The van der Waals surface area contributed by atoms with Crippen molar-refractivity contribution in [2.45, 2.75) is 43.3 Å². The van der Waals surface area contributed by atoms with Gasteiger partial charge in [-0.2, -0.15) is 18.3 Å². The predicted octanol–water partition coefficient (Wildman–Crippen LogP) is 4.03. The summed E-state index contributed by atoms with van der Waals surface area (Å²) in [6.07, 6.45) is -1.36. The molecule has 178 valence electrons. The first-order valence-corrected chi connectivity index (χ1v) is 11.5. The maximum atomic E-state index is 13.3. The summed E-state index contributed by atoms with van der Waals surface area (Å²) in [5.74, 6) is 0.743. The van der Waals surface area contributed by atoms with E-state index in [1.54, 1.807) is 17.0 Å². The van der Waals surface area contributed by atoms with Gasteiger partial charge in [0.05, 0.1) is 18.8 Å². The highest BCUT2D eigenvalue weighted by molar-refractivity contribution is 5.75. The van der Waals surface area contributed by atoms with Crippen LogP contribution < -0.4 is 5.32 Å². The number of halogens is 3. The number of amides is 2. The first kappa shape index (κ1) is 22.1. The van der Waals surface area contributed by atoms with Gasteiger partial charge in [0.25, 0.3) is 0 Å². The third-order valence-electron chi connectivity index (χ3n) is 6.68. The average molecular weight is 464 g/mol. The van der Waals surface area contributed by atoms with E-state index in [2.05, 4.69) is 15.5 Å². The molecule has 1 aromatic heterocycles. The van der Waals surface area contributed by atoms with Crippen LogP contribution in [0.5, 0.6) is 0 Å². The third-order valence-corrected chi connectivity index (χ3v) is 6.68. The number of ether oxygens (including phenoxy) is 1. The number of urea groups is 1. The quantitative estimate of drug-likeness (QED) is 0.718. The van der Waals surface area contributed by atoms with Crippen molar-refractivity contribution in [2.24, 2.45) is 0 Å². The summed E-state index contributed by atoms with van der Waals surface area (Å²) in [6.45, 7) is 3.14. The Labute approximate surface area is 190 Å². The molecule has 2 N–H and O–H groups in total. The Morgan fingerprint density at radius 3 is 2.42 bits per heavy atom. The molecule has 10 heteroatoms. The third kappa shape index (κ3) is 5.10. The highest BCUT2D eigenvalue weighted by Gasteiger charge is 2.36. The van der Waals surface area contributed by atoms with Gasteiger partial charge in [0.1, 0.15) is 5.82 Å². The Morgan fingerprint density at radius 1 is 1.06 bits per heavy atom. The van der Waals surface area contributed by atoms with Gasteiger partial charge in [-0.15, -0.1) is 0 Å². The summed E-state index contributed by atoms with van der Waals surface area (Å²) in [7, 11) is 0. The van der Waals surface area contributed by atoms with E-state index in [0.29, 0.717) is 45.4 Å². The van der Waals surface area contributed by atoms with E-state index in [9.17, 15) is 18.0 Å². The monoisotopic (exact) mass is 463 g/mol. The van der Waals surface area contributed by atoms with Crippen LogP contribution in [-0.4, -0.2) is 71.5 Å². The van der Waals surface area contributed by atoms with Crippen LogP contribution in [0.1, 0.15) is 47.9 Å². The number of carbonyl (C=O) groups excluding carboxylic acids is 1. The second kappa shape index (κ2) is 8.89. The van der Waals surface area contributed by atoms with Crippen LogP contribution >= 0.6 is 0 Å². The number of benzene rings is 1. The Morgan fingerprint density at radius 2 is 1.76 bits per heavy atom. The number of likely N-dealkylation sites (tertiary alicyclic amines) is 1. The van der Waals surface area contributed by atoms with E-state index in [4.69, 9.17) is 4.74 Å². The molecular formula is C23H28F3N5O2. The van der Waals surface area contributed by atoms with E-state index in [0.717, 1.165) is 48.5 Å². The predicted molar refractivity (Wildman–Crippen MR) is 116 cm³/mol. The van der Waals surface area contributed by atoms with Gasteiger partial charge >= 0.3 is 12.2 Å². The fraction of sp³-hybridized carbons (Fsp3) is 0.565.